The van der Waals surface area contributed by atoms with Crippen molar-refractivity contribution in [3.63, 3.8) is 0 Å². The van der Waals surface area contributed by atoms with Gasteiger partial charge >= 0.3 is 5.97 Å². The Bertz CT molecular complexity index is 786. The third-order valence-electron chi connectivity index (χ3n) is 3.55. The number of aliphatic imine (C=N–C) groups is 1. The third kappa shape index (κ3) is 5.82. The maximum Gasteiger partial charge on any atom is 0.325 e. The molecule has 0 aliphatic heterocycles. The van der Waals surface area contributed by atoms with E-state index < -0.39 is 5.97 Å². The number of carbonyl (C=O) groups excluding carboxylic acids is 1. The fourth-order valence-electron chi connectivity index (χ4n) is 2.36. The van der Waals surface area contributed by atoms with Gasteiger partial charge in [-0.2, -0.15) is 0 Å². The molecule has 0 spiro atoms. The number of aliphatic carboxylic acids is 1. The molecule has 136 valence electrons. The van der Waals surface area contributed by atoms with Crippen molar-refractivity contribution in [1.82, 2.24) is 5.32 Å². The predicted octanol–water partition coefficient (Wildman–Crippen LogP) is 2.55. The summed E-state index contributed by atoms with van der Waals surface area (Å²) in [5.74, 6) is -1.18. The summed E-state index contributed by atoms with van der Waals surface area (Å²) >= 11 is 0. The first-order chi connectivity index (χ1) is 12.5. The maximum atomic E-state index is 12.2. The van der Waals surface area contributed by atoms with Crippen molar-refractivity contribution >= 4 is 23.3 Å². The molecule has 0 aliphatic carbocycles. The summed E-state index contributed by atoms with van der Waals surface area (Å²) in [5.41, 5.74) is 2.59. The third-order valence-corrected chi connectivity index (χ3v) is 3.55. The average Bonchev–Trinajstić information content (AvgIpc) is 2.62. The number of nitrogens with one attached hydrogen (secondary N) is 2. The highest BCUT2D eigenvalue weighted by Crippen LogP contribution is 2.20. The predicted molar refractivity (Wildman–Crippen MR) is 103 cm³/mol. The van der Waals surface area contributed by atoms with Gasteiger partial charge in [0.25, 0.3) is 0 Å². The summed E-state index contributed by atoms with van der Waals surface area (Å²) in [6.45, 7) is 3.78. The normalized spacial score (nSPS) is 11.4. The number of carboxylic acid groups (broad SMARTS) is 1. The fourth-order valence-corrected chi connectivity index (χ4v) is 2.36. The first kappa shape index (κ1) is 19.3. The Balaban J connectivity index is 2.35. The highest BCUT2D eigenvalue weighted by molar-refractivity contribution is 6.17. The van der Waals surface area contributed by atoms with Crippen LogP contribution in [0, 0.1) is 0 Å². The van der Waals surface area contributed by atoms with Gasteiger partial charge < -0.3 is 15.7 Å². The molecule has 6 nitrogen and oxygen atoms in total. The molecule has 0 saturated heterocycles. The molecule has 1 amide bonds. The van der Waals surface area contributed by atoms with Gasteiger partial charge in [-0.25, -0.2) is 0 Å². The molecule has 3 N–H and O–H groups in total. The van der Waals surface area contributed by atoms with Crippen LogP contribution in [0.5, 0.6) is 0 Å². The van der Waals surface area contributed by atoms with Gasteiger partial charge in [-0.1, -0.05) is 62.4 Å². The molecular formula is C20H23N3O3. The molecule has 0 radical (unpaired) electrons. The summed E-state index contributed by atoms with van der Waals surface area (Å²) in [6.07, 6.45) is 0. The van der Waals surface area contributed by atoms with Gasteiger partial charge in [0.15, 0.2) is 0 Å². The zero-order valence-electron chi connectivity index (χ0n) is 14.9. The number of rotatable bonds is 8. The Kier molecular flexibility index (Phi) is 7.05. The van der Waals surface area contributed by atoms with Crippen LogP contribution >= 0.6 is 0 Å². The summed E-state index contributed by atoms with van der Waals surface area (Å²) in [4.78, 5) is 27.4. The highest BCUT2D eigenvalue weighted by atomic mass is 16.4. The second-order valence-electron chi connectivity index (χ2n) is 6.05. The number of carboxylic acids is 1. The highest BCUT2D eigenvalue weighted by Gasteiger charge is 2.14. The fraction of sp³-hybridized carbons (Fsp3) is 0.250. The first-order valence-electron chi connectivity index (χ1n) is 8.41. The van der Waals surface area contributed by atoms with E-state index in [2.05, 4.69) is 15.6 Å². The van der Waals surface area contributed by atoms with E-state index in [4.69, 9.17) is 5.11 Å². The Morgan fingerprint density at radius 1 is 1.04 bits per heavy atom. The molecule has 0 aliphatic rings. The van der Waals surface area contributed by atoms with Crippen molar-refractivity contribution in [2.45, 2.75) is 19.9 Å². The van der Waals surface area contributed by atoms with Crippen LogP contribution in [0.1, 0.15) is 25.0 Å². The smallest absolute Gasteiger partial charge is 0.325 e. The second kappa shape index (κ2) is 9.48. The van der Waals surface area contributed by atoms with E-state index in [0.717, 1.165) is 5.56 Å². The summed E-state index contributed by atoms with van der Waals surface area (Å²) in [6, 6.07) is 16.8. The van der Waals surface area contributed by atoms with E-state index in [1.54, 1.807) is 6.07 Å². The SMILES string of the molecule is CC(C)NCC(=O)Nc1ccccc1C(=NCC(=O)O)c1ccccc1. The molecule has 0 heterocycles. The topological polar surface area (TPSA) is 90.8 Å². The van der Waals surface area contributed by atoms with Gasteiger partial charge in [0.1, 0.15) is 6.54 Å². The van der Waals surface area contributed by atoms with E-state index in [1.165, 1.54) is 0 Å². The summed E-state index contributed by atoms with van der Waals surface area (Å²) < 4.78 is 0. The van der Waals surface area contributed by atoms with E-state index >= 15 is 0 Å². The summed E-state index contributed by atoms with van der Waals surface area (Å²) in [7, 11) is 0. The molecular weight excluding hydrogens is 330 g/mol. The second-order valence-corrected chi connectivity index (χ2v) is 6.05. The van der Waals surface area contributed by atoms with Crippen LogP contribution in [-0.2, 0) is 9.59 Å². The molecule has 6 heteroatoms. The Morgan fingerprint density at radius 3 is 2.35 bits per heavy atom. The molecule has 0 aromatic heterocycles. The van der Waals surface area contributed by atoms with Gasteiger partial charge in [-0.05, 0) is 6.07 Å². The van der Waals surface area contributed by atoms with E-state index in [-0.39, 0.29) is 25.0 Å². The van der Waals surface area contributed by atoms with Crippen LogP contribution in [0.15, 0.2) is 59.6 Å². The van der Waals surface area contributed by atoms with Gasteiger partial charge in [0.2, 0.25) is 5.91 Å². The van der Waals surface area contributed by atoms with Crippen molar-refractivity contribution in [3.05, 3.63) is 65.7 Å². The zero-order valence-corrected chi connectivity index (χ0v) is 14.9. The minimum absolute atomic E-state index is 0.170. The van der Waals surface area contributed by atoms with E-state index in [1.807, 2.05) is 62.4 Å². The van der Waals surface area contributed by atoms with Crippen LogP contribution < -0.4 is 10.6 Å². The monoisotopic (exact) mass is 353 g/mol. The average molecular weight is 353 g/mol. The Morgan fingerprint density at radius 2 is 1.69 bits per heavy atom. The number of anilines is 1. The number of hydrogen-bond acceptors (Lipinski definition) is 4. The minimum atomic E-state index is -1.01. The van der Waals surface area contributed by atoms with Crippen LogP contribution in [0.4, 0.5) is 5.69 Å². The van der Waals surface area contributed by atoms with Crippen molar-refractivity contribution in [2.24, 2.45) is 4.99 Å². The summed E-state index contributed by atoms with van der Waals surface area (Å²) in [5, 5.41) is 14.9. The zero-order chi connectivity index (χ0) is 18.9. The number of para-hydroxylation sites is 1. The molecule has 2 aromatic carbocycles. The quantitative estimate of drug-likeness (QED) is 0.636. The number of hydrogen-bond donors (Lipinski definition) is 3. The number of benzene rings is 2. The van der Waals surface area contributed by atoms with Crippen LogP contribution in [0.3, 0.4) is 0 Å². The molecule has 0 atom stereocenters. The van der Waals surface area contributed by atoms with Gasteiger partial charge in [0.05, 0.1) is 17.9 Å². The number of amides is 1. The molecule has 26 heavy (non-hydrogen) atoms. The van der Waals surface area contributed by atoms with Crippen molar-refractivity contribution in [1.29, 1.82) is 0 Å². The van der Waals surface area contributed by atoms with Crippen LogP contribution in [-0.4, -0.2) is 41.8 Å². The number of carbonyl (C=O) groups is 2. The molecule has 2 aromatic rings. The molecule has 0 fully saturated rings. The standard InChI is InChI=1S/C20H23N3O3/c1-14(2)21-12-18(24)23-17-11-7-6-10-16(17)20(22-13-19(25)26)15-8-4-3-5-9-15/h3-11,14,21H,12-13H2,1-2H3,(H,23,24)(H,25,26). The number of nitrogens with zero attached hydrogens (tertiary/aromatic N) is 1. The van der Waals surface area contributed by atoms with Crippen molar-refractivity contribution in [2.75, 3.05) is 18.4 Å². The largest absolute Gasteiger partial charge is 0.480 e. The molecule has 0 saturated carbocycles. The first-order valence-corrected chi connectivity index (χ1v) is 8.41. The Labute approximate surface area is 153 Å². The van der Waals surface area contributed by atoms with Crippen molar-refractivity contribution in [3.8, 4) is 0 Å². The lowest BCUT2D eigenvalue weighted by Gasteiger charge is -2.14. The minimum Gasteiger partial charge on any atom is -0.480 e. The Hall–Kier alpha value is -2.99. The maximum absolute atomic E-state index is 12.2. The lowest BCUT2D eigenvalue weighted by atomic mass is 10.0. The van der Waals surface area contributed by atoms with Crippen LogP contribution in [0.2, 0.25) is 0 Å². The lowest BCUT2D eigenvalue weighted by Crippen LogP contribution is -2.33. The van der Waals surface area contributed by atoms with Gasteiger partial charge in [-0.15, -0.1) is 0 Å². The van der Waals surface area contributed by atoms with Gasteiger partial charge in [-0.3, -0.25) is 14.6 Å². The molecule has 0 bridgehead atoms. The van der Waals surface area contributed by atoms with Crippen molar-refractivity contribution < 1.29 is 14.7 Å². The molecule has 0 unspecified atom stereocenters. The van der Waals surface area contributed by atoms with E-state index in [9.17, 15) is 9.59 Å². The van der Waals surface area contributed by atoms with Gasteiger partial charge in [0, 0.05) is 17.2 Å². The van der Waals surface area contributed by atoms with E-state index in [0.29, 0.717) is 17.0 Å². The lowest BCUT2D eigenvalue weighted by molar-refractivity contribution is -0.135. The molecule has 2 rings (SSSR count). The van der Waals surface area contributed by atoms with Crippen LogP contribution in [0.25, 0.3) is 0 Å².